The van der Waals surface area contributed by atoms with E-state index in [9.17, 15) is 4.79 Å². The van der Waals surface area contributed by atoms with Crippen molar-refractivity contribution < 1.29 is 9.53 Å². The zero-order chi connectivity index (χ0) is 14.7. The molecule has 0 aliphatic carbocycles. The minimum Gasteiger partial charge on any atom is -0.462 e. The smallest absolute Gasteiger partial charge is 0.348 e. The summed E-state index contributed by atoms with van der Waals surface area (Å²) in [5.74, 6) is -0.246. The van der Waals surface area contributed by atoms with Crippen LogP contribution in [-0.2, 0) is 4.74 Å². The first-order chi connectivity index (χ1) is 10.3. The van der Waals surface area contributed by atoms with Crippen molar-refractivity contribution >= 4 is 28.6 Å². The Morgan fingerprint density at radius 3 is 2.57 bits per heavy atom. The third kappa shape index (κ3) is 2.91. The summed E-state index contributed by atoms with van der Waals surface area (Å²) in [5, 5.41) is 2.04. The quantitative estimate of drug-likeness (QED) is 0.609. The second-order valence-corrected chi connectivity index (χ2v) is 6.42. The third-order valence-electron chi connectivity index (χ3n) is 3.04. The summed E-state index contributed by atoms with van der Waals surface area (Å²) in [6, 6.07) is 16.1. The lowest BCUT2D eigenvalue weighted by atomic mass is 10.1. The fourth-order valence-corrected chi connectivity index (χ4v) is 4.01. The molecule has 0 spiro atoms. The Morgan fingerprint density at radius 2 is 1.90 bits per heavy atom. The molecule has 106 valence electrons. The summed E-state index contributed by atoms with van der Waals surface area (Å²) in [7, 11) is 0. The molecule has 0 amide bonds. The molecule has 2 aromatic heterocycles. The van der Waals surface area contributed by atoms with Crippen LogP contribution < -0.4 is 0 Å². The van der Waals surface area contributed by atoms with Crippen LogP contribution in [0.3, 0.4) is 0 Å². The summed E-state index contributed by atoms with van der Waals surface area (Å²) in [6.07, 6.45) is 0. The Balaban J connectivity index is 2.10. The first kappa shape index (κ1) is 14.0. The van der Waals surface area contributed by atoms with E-state index in [1.165, 1.54) is 16.2 Å². The van der Waals surface area contributed by atoms with Crippen molar-refractivity contribution in [2.75, 3.05) is 6.61 Å². The molecule has 0 radical (unpaired) electrons. The van der Waals surface area contributed by atoms with E-state index >= 15 is 0 Å². The molecule has 3 aromatic rings. The lowest BCUT2D eigenvalue weighted by Gasteiger charge is -2.03. The fraction of sp³-hybridized carbons (Fsp3) is 0.118. The lowest BCUT2D eigenvalue weighted by Crippen LogP contribution is -2.03. The van der Waals surface area contributed by atoms with Crippen molar-refractivity contribution in [3.05, 3.63) is 58.8 Å². The Morgan fingerprint density at radius 1 is 1.10 bits per heavy atom. The SMILES string of the molecule is CCOC(=O)c1sc(-c2cccs2)cc1-c1ccccc1. The highest BCUT2D eigenvalue weighted by atomic mass is 32.1. The van der Waals surface area contributed by atoms with E-state index in [0.717, 1.165) is 16.0 Å². The highest BCUT2D eigenvalue weighted by molar-refractivity contribution is 7.22. The van der Waals surface area contributed by atoms with Gasteiger partial charge >= 0.3 is 5.97 Å². The van der Waals surface area contributed by atoms with Crippen molar-refractivity contribution in [3.8, 4) is 20.9 Å². The number of rotatable bonds is 4. The molecule has 0 saturated carbocycles. The Labute approximate surface area is 131 Å². The molecule has 0 aliphatic heterocycles. The predicted molar refractivity (Wildman–Crippen MR) is 89.0 cm³/mol. The van der Waals surface area contributed by atoms with Gasteiger partial charge < -0.3 is 4.74 Å². The molecule has 21 heavy (non-hydrogen) atoms. The van der Waals surface area contributed by atoms with Gasteiger partial charge in [0.15, 0.2) is 0 Å². The number of carbonyl (C=O) groups is 1. The summed E-state index contributed by atoms with van der Waals surface area (Å²) < 4.78 is 5.20. The minimum atomic E-state index is -0.246. The molecule has 0 aliphatic rings. The van der Waals surface area contributed by atoms with Crippen LogP contribution in [0.15, 0.2) is 53.9 Å². The largest absolute Gasteiger partial charge is 0.462 e. The minimum absolute atomic E-state index is 0.246. The average Bonchev–Trinajstić information content (AvgIpc) is 3.17. The van der Waals surface area contributed by atoms with Crippen LogP contribution in [0, 0.1) is 0 Å². The van der Waals surface area contributed by atoms with Gasteiger partial charge in [0.2, 0.25) is 0 Å². The second-order valence-electron chi connectivity index (χ2n) is 4.42. The standard InChI is InChI=1S/C17H14O2S2/c1-2-19-17(18)16-13(12-7-4-3-5-8-12)11-15(21-16)14-9-6-10-20-14/h3-11H,2H2,1H3. The van der Waals surface area contributed by atoms with Gasteiger partial charge in [-0.3, -0.25) is 0 Å². The van der Waals surface area contributed by atoms with E-state index in [4.69, 9.17) is 4.74 Å². The number of ether oxygens (including phenoxy) is 1. The van der Waals surface area contributed by atoms with Crippen LogP contribution in [0.1, 0.15) is 16.6 Å². The zero-order valence-electron chi connectivity index (χ0n) is 11.5. The van der Waals surface area contributed by atoms with Crippen molar-refractivity contribution in [1.29, 1.82) is 0 Å². The molecule has 2 heterocycles. The Bertz CT molecular complexity index is 728. The van der Waals surface area contributed by atoms with E-state index < -0.39 is 0 Å². The molecule has 0 atom stereocenters. The third-order valence-corrected chi connectivity index (χ3v) is 5.22. The maximum Gasteiger partial charge on any atom is 0.348 e. The van der Waals surface area contributed by atoms with Crippen LogP contribution in [0.2, 0.25) is 0 Å². The second kappa shape index (κ2) is 6.24. The van der Waals surface area contributed by atoms with Gasteiger partial charge in [0, 0.05) is 15.3 Å². The summed E-state index contributed by atoms with van der Waals surface area (Å²) in [4.78, 5) is 15.2. The molecule has 0 saturated heterocycles. The molecular weight excluding hydrogens is 300 g/mol. The molecule has 2 nitrogen and oxygen atoms in total. The zero-order valence-corrected chi connectivity index (χ0v) is 13.2. The van der Waals surface area contributed by atoms with Gasteiger partial charge in [-0.2, -0.15) is 0 Å². The van der Waals surface area contributed by atoms with Crippen molar-refractivity contribution in [2.45, 2.75) is 6.92 Å². The normalized spacial score (nSPS) is 10.5. The van der Waals surface area contributed by atoms with E-state index in [-0.39, 0.29) is 5.97 Å². The molecule has 1 aromatic carbocycles. The predicted octanol–water partition coefficient (Wildman–Crippen LogP) is 5.32. The molecule has 0 bridgehead atoms. The number of hydrogen-bond donors (Lipinski definition) is 0. The first-order valence-electron chi connectivity index (χ1n) is 6.70. The molecule has 3 rings (SSSR count). The van der Waals surface area contributed by atoms with Crippen molar-refractivity contribution in [2.24, 2.45) is 0 Å². The maximum absolute atomic E-state index is 12.2. The molecule has 0 N–H and O–H groups in total. The summed E-state index contributed by atoms with van der Waals surface area (Å²) in [6.45, 7) is 2.22. The molecule has 0 unspecified atom stereocenters. The van der Waals surface area contributed by atoms with E-state index in [0.29, 0.717) is 11.5 Å². The van der Waals surface area contributed by atoms with E-state index in [1.54, 1.807) is 11.3 Å². The van der Waals surface area contributed by atoms with Gasteiger partial charge in [-0.15, -0.1) is 22.7 Å². The molecule has 4 heteroatoms. The van der Waals surface area contributed by atoms with Gasteiger partial charge in [0.05, 0.1) is 6.61 Å². The van der Waals surface area contributed by atoms with Gasteiger partial charge in [0.25, 0.3) is 0 Å². The highest BCUT2D eigenvalue weighted by Crippen LogP contribution is 2.39. The van der Waals surface area contributed by atoms with Crippen LogP contribution in [0.4, 0.5) is 0 Å². The van der Waals surface area contributed by atoms with Gasteiger partial charge in [-0.05, 0) is 30.0 Å². The molecule has 0 fully saturated rings. The van der Waals surface area contributed by atoms with Gasteiger partial charge in [0.1, 0.15) is 4.88 Å². The van der Waals surface area contributed by atoms with Crippen LogP contribution in [0.5, 0.6) is 0 Å². The average molecular weight is 314 g/mol. The topological polar surface area (TPSA) is 26.3 Å². The Hall–Kier alpha value is -1.91. The lowest BCUT2D eigenvalue weighted by molar-refractivity contribution is 0.0533. The number of carbonyl (C=O) groups excluding carboxylic acids is 1. The van der Waals surface area contributed by atoms with E-state index in [1.807, 2.05) is 48.7 Å². The molecular formula is C17H14O2S2. The van der Waals surface area contributed by atoms with Crippen LogP contribution in [-0.4, -0.2) is 12.6 Å². The summed E-state index contributed by atoms with van der Waals surface area (Å²) in [5.41, 5.74) is 1.99. The van der Waals surface area contributed by atoms with Crippen LogP contribution >= 0.6 is 22.7 Å². The van der Waals surface area contributed by atoms with Gasteiger partial charge in [-0.1, -0.05) is 36.4 Å². The summed E-state index contributed by atoms with van der Waals surface area (Å²) >= 11 is 3.17. The Kier molecular flexibility index (Phi) is 4.18. The monoisotopic (exact) mass is 314 g/mol. The number of esters is 1. The van der Waals surface area contributed by atoms with Crippen molar-refractivity contribution in [3.63, 3.8) is 0 Å². The number of hydrogen-bond acceptors (Lipinski definition) is 4. The van der Waals surface area contributed by atoms with Crippen LogP contribution in [0.25, 0.3) is 20.9 Å². The first-order valence-corrected chi connectivity index (χ1v) is 8.39. The number of benzene rings is 1. The fourth-order valence-electron chi connectivity index (χ4n) is 2.11. The maximum atomic E-state index is 12.2. The van der Waals surface area contributed by atoms with Crippen molar-refractivity contribution in [1.82, 2.24) is 0 Å². The highest BCUT2D eigenvalue weighted by Gasteiger charge is 2.19. The number of thiophene rings is 2. The van der Waals surface area contributed by atoms with Gasteiger partial charge in [-0.25, -0.2) is 4.79 Å². The van der Waals surface area contributed by atoms with E-state index in [2.05, 4.69) is 12.1 Å².